The molecule has 1 aliphatic rings. The van der Waals surface area contributed by atoms with Gasteiger partial charge in [-0.25, -0.2) is 0 Å². The van der Waals surface area contributed by atoms with Gasteiger partial charge in [-0.2, -0.15) is 0 Å². The molecule has 1 aromatic heterocycles. The molecule has 1 N–H and O–H groups in total. The Kier molecular flexibility index (Phi) is 4.63. The molecule has 3 heteroatoms. The standard InChI is InChI=1S/C15H23ClN2/c1-12-5-7-15(11-16,8-6-12)18-10-14-13(2)4-3-9-17-14/h3-4,9,12,18H,5-8,10-11H2,1-2H3. The summed E-state index contributed by atoms with van der Waals surface area (Å²) < 4.78 is 0. The van der Waals surface area contributed by atoms with Gasteiger partial charge in [0.25, 0.3) is 0 Å². The number of hydrogen-bond acceptors (Lipinski definition) is 2. The molecule has 2 rings (SSSR count). The van der Waals surface area contributed by atoms with E-state index in [0.29, 0.717) is 5.88 Å². The monoisotopic (exact) mass is 266 g/mol. The molecule has 1 aliphatic carbocycles. The number of rotatable bonds is 4. The van der Waals surface area contributed by atoms with Crippen LogP contribution in [0.15, 0.2) is 18.3 Å². The molecule has 0 atom stereocenters. The van der Waals surface area contributed by atoms with E-state index >= 15 is 0 Å². The van der Waals surface area contributed by atoms with Gasteiger partial charge in [-0.1, -0.05) is 13.0 Å². The first-order chi connectivity index (χ1) is 8.65. The van der Waals surface area contributed by atoms with Crippen LogP contribution in [0.5, 0.6) is 0 Å². The summed E-state index contributed by atoms with van der Waals surface area (Å²) in [6.07, 6.45) is 6.79. The number of aryl methyl sites for hydroxylation is 1. The van der Waals surface area contributed by atoms with Gasteiger partial charge in [-0.15, -0.1) is 11.6 Å². The predicted molar refractivity (Wildman–Crippen MR) is 76.9 cm³/mol. The van der Waals surface area contributed by atoms with E-state index in [-0.39, 0.29) is 5.54 Å². The van der Waals surface area contributed by atoms with Crippen LogP contribution in [0.1, 0.15) is 43.9 Å². The molecule has 0 bridgehead atoms. The zero-order chi connectivity index (χ0) is 13.0. The second kappa shape index (κ2) is 6.03. The minimum atomic E-state index is 0.123. The smallest absolute Gasteiger partial charge is 0.0570 e. The summed E-state index contributed by atoms with van der Waals surface area (Å²) in [7, 11) is 0. The van der Waals surface area contributed by atoms with Gasteiger partial charge in [0, 0.05) is 24.2 Å². The van der Waals surface area contributed by atoms with Gasteiger partial charge in [0.2, 0.25) is 0 Å². The third kappa shape index (κ3) is 3.24. The fourth-order valence-electron chi connectivity index (χ4n) is 2.65. The lowest BCUT2D eigenvalue weighted by Gasteiger charge is -2.39. The summed E-state index contributed by atoms with van der Waals surface area (Å²) in [5, 5.41) is 3.67. The fraction of sp³-hybridized carbons (Fsp3) is 0.667. The molecule has 1 saturated carbocycles. The minimum Gasteiger partial charge on any atom is -0.304 e. The average molecular weight is 267 g/mol. The van der Waals surface area contributed by atoms with Gasteiger partial charge < -0.3 is 5.32 Å². The molecule has 0 unspecified atom stereocenters. The summed E-state index contributed by atoms with van der Waals surface area (Å²) in [4.78, 5) is 4.44. The summed E-state index contributed by atoms with van der Waals surface area (Å²) in [5.74, 6) is 1.55. The van der Waals surface area contributed by atoms with Crippen LogP contribution in [-0.4, -0.2) is 16.4 Å². The van der Waals surface area contributed by atoms with Crippen LogP contribution in [0.25, 0.3) is 0 Å². The van der Waals surface area contributed by atoms with E-state index in [1.807, 2.05) is 12.3 Å². The van der Waals surface area contributed by atoms with Crippen molar-refractivity contribution < 1.29 is 0 Å². The van der Waals surface area contributed by atoms with E-state index in [4.69, 9.17) is 11.6 Å². The third-order valence-electron chi connectivity index (χ3n) is 4.24. The normalized spacial score (nSPS) is 28.3. The topological polar surface area (TPSA) is 24.9 Å². The Morgan fingerprint density at radius 2 is 2.17 bits per heavy atom. The third-order valence-corrected chi connectivity index (χ3v) is 4.75. The van der Waals surface area contributed by atoms with Crippen molar-refractivity contribution >= 4 is 11.6 Å². The molecule has 1 heterocycles. The Balaban J connectivity index is 1.97. The van der Waals surface area contributed by atoms with Crippen molar-refractivity contribution in [2.45, 2.75) is 51.6 Å². The van der Waals surface area contributed by atoms with Crippen LogP contribution < -0.4 is 5.32 Å². The van der Waals surface area contributed by atoms with Crippen molar-refractivity contribution in [2.75, 3.05) is 5.88 Å². The zero-order valence-corrected chi connectivity index (χ0v) is 12.1. The molecule has 1 aromatic rings. The van der Waals surface area contributed by atoms with Crippen LogP contribution in [0, 0.1) is 12.8 Å². The van der Waals surface area contributed by atoms with Crippen molar-refractivity contribution in [3.05, 3.63) is 29.6 Å². The molecule has 1 fully saturated rings. The lowest BCUT2D eigenvalue weighted by atomic mass is 9.78. The summed E-state index contributed by atoms with van der Waals surface area (Å²) in [5.41, 5.74) is 2.51. The number of pyridine rings is 1. The van der Waals surface area contributed by atoms with Gasteiger partial charge >= 0.3 is 0 Å². The first-order valence-electron chi connectivity index (χ1n) is 6.87. The molecule has 0 spiro atoms. The SMILES string of the molecule is Cc1cccnc1CNC1(CCl)CCC(C)CC1. The molecule has 100 valence electrons. The zero-order valence-electron chi connectivity index (χ0n) is 11.4. The molecular weight excluding hydrogens is 244 g/mol. The molecule has 18 heavy (non-hydrogen) atoms. The maximum absolute atomic E-state index is 6.21. The number of nitrogens with one attached hydrogen (secondary N) is 1. The average Bonchev–Trinajstić information content (AvgIpc) is 2.40. The highest BCUT2D eigenvalue weighted by atomic mass is 35.5. The van der Waals surface area contributed by atoms with Crippen molar-refractivity contribution in [3.8, 4) is 0 Å². The van der Waals surface area contributed by atoms with Gasteiger partial charge in [-0.3, -0.25) is 4.98 Å². The van der Waals surface area contributed by atoms with Crippen LogP contribution >= 0.6 is 11.6 Å². The maximum Gasteiger partial charge on any atom is 0.0570 e. The highest BCUT2D eigenvalue weighted by Gasteiger charge is 2.32. The van der Waals surface area contributed by atoms with Gasteiger partial charge in [0.15, 0.2) is 0 Å². The van der Waals surface area contributed by atoms with E-state index in [0.717, 1.165) is 18.2 Å². The molecule has 0 aromatic carbocycles. The molecule has 2 nitrogen and oxygen atoms in total. The number of halogens is 1. The number of aromatic nitrogens is 1. The molecule has 0 radical (unpaired) electrons. The maximum atomic E-state index is 6.21. The summed E-state index contributed by atoms with van der Waals surface area (Å²) in [6.45, 7) is 5.27. The number of alkyl halides is 1. The van der Waals surface area contributed by atoms with Crippen LogP contribution in [0.4, 0.5) is 0 Å². The molecule has 0 amide bonds. The Labute approximate surface area is 115 Å². The second-order valence-electron chi connectivity index (χ2n) is 5.72. The molecule has 0 aliphatic heterocycles. The lowest BCUT2D eigenvalue weighted by molar-refractivity contribution is 0.215. The minimum absolute atomic E-state index is 0.123. The van der Waals surface area contributed by atoms with Gasteiger partial charge in [-0.05, 0) is 50.2 Å². The van der Waals surface area contributed by atoms with Gasteiger partial charge in [0.05, 0.1) is 5.69 Å². The Morgan fingerprint density at radius 3 is 2.78 bits per heavy atom. The van der Waals surface area contributed by atoms with Crippen LogP contribution in [0.3, 0.4) is 0 Å². The van der Waals surface area contributed by atoms with Crippen LogP contribution in [-0.2, 0) is 6.54 Å². The summed E-state index contributed by atoms with van der Waals surface area (Å²) in [6, 6.07) is 4.10. The van der Waals surface area contributed by atoms with Crippen LogP contribution in [0.2, 0.25) is 0 Å². The van der Waals surface area contributed by atoms with Crippen molar-refractivity contribution in [1.82, 2.24) is 10.3 Å². The highest BCUT2D eigenvalue weighted by molar-refractivity contribution is 6.18. The quantitative estimate of drug-likeness (QED) is 0.842. The van der Waals surface area contributed by atoms with E-state index < -0.39 is 0 Å². The highest BCUT2D eigenvalue weighted by Crippen LogP contribution is 2.33. The number of nitrogens with zero attached hydrogens (tertiary/aromatic N) is 1. The second-order valence-corrected chi connectivity index (χ2v) is 5.98. The van der Waals surface area contributed by atoms with E-state index in [1.54, 1.807) is 0 Å². The van der Waals surface area contributed by atoms with Crippen molar-refractivity contribution in [2.24, 2.45) is 5.92 Å². The first kappa shape index (κ1) is 13.8. The number of hydrogen-bond donors (Lipinski definition) is 1. The molecule has 0 saturated heterocycles. The van der Waals surface area contributed by atoms with E-state index in [2.05, 4.69) is 30.2 Å². The van der Waals surface area contributed by atoms with E-state index in [9.17, 15) is 0 Å². The Morgan fingerprint density at radius 1 is 1.44 bits per heavy atom. The Hall–Kier alpha value is -0.600. The molecular formula is C15H23ClN2. The first-order valence-corrected chi connectivity index (χ1v) is 7.40. The van der Waals surface area contributed by atoms with Gasteiger partial charge in [0.1, 0.15) is 0 Å². The lowest BCUT2D eigenvalue weighted by Crippen LogP contribution is -2.49. The van der Waals surface area contributed by atoms with Crippen molar-refractivity contribution in [3.63, 3.8) is 0 Å². The predicted octanol–water partition coefficient (Wildman–Crippen LogP) is 3.67. The summed E-state index contributed by atoms with van der Waals surface area (Å²) >= 11 is 6.21. The van der Waals surface area contributed by atoms with Crippen molar-refractivity contribution in [1.29, 1.82) is 0 Å². The van der Waals surface area contributed by atoms with E-state index in [1.165, 1.54) is 31.2 Å². The Bertz CT molecular complexity index is 384. The largest absolute Gasteiger partial charge is 0.304 e. The fourth-order valence-corrected chi connectivity index (χ4v) is 3.01.